The van der Waals surface area contributed by atoms with Crippen molar-refractivity contribution < 1.29 is 33.5 Å². The van der Waals surface area contributed by atoms with Crippen molar-refractivity contribution in [2.24, 2.45) is 4.99 Å². The van der Waals surface area contributed by atoms with E-state index < -0.39 is 23.5 Å². The van der Waals surface area contributed by atoms with Crippen LogP contribution in [0.5, 0.6) is 11.5 Å². The summed E-state index contributed by atoms with van der Waals surface area (Å²) in [4.78, 5) is 58.2. The van der Waals surface area contributed by atoms with Gasteiger partial charge in [-0.25, -0.2) is 14.6 Å². The second kappa shape index (κ2) is 14.9. The molecular formula is C34H38N4O9S. The second-order valence-electron chi connectivity index (χ2n) is 11.5. The van der Waals surface area contributed by atoms with E-state index in [0.717, 1.165) is 37.3 Å². The quantitative estimate of drug-likeness (QED) is 0.168. The molecule has 0 saturated carbocycles. The molecule has 2 aliphatic heterocycles. The largest absolute Gasteiger partial charge is 0.490 e. The lowest BCUT2D eigenvalue weighted by Crippen LogP contribution is -2.40. The maximum absolute atomic E-state index is 14.1. The van der Waals surface area contributed by atoms with Crippen molar-refractivity contribution in [3.05, 3.63) is 94.2 Å². The molecule has 3 heterocycles. The Morgan fingerprint density at radius 3 is 2.50 bits per heavy atom. The molecule has 1 saturated heterocycles. The highest BCUT2D eigenvalue weighted by atomic mass is 32.1. The number of nitrogens with zero attached hydrogens (tertiary/aromatic N) is 4. The summed E-state index contributed by atoms with van der Waals surface area (Å²) < 4.78 is 23.2. The summed E-state index contributed by atoms with van der Waals surface area (Å²) in [5, 5.41) is 12.1. The van der Waals surface area contributed by atoms with E-state index in [-0.39, 0.29) is 47.7 Å². The molecule has 254 valence electrons. The van der Waals surface area contributed by atoms with Crippen molar-refractivity contribution in [1.29, 1.82) is 0 Å². The first-order valence-corrected chi connectivity index (χ1v) is 16.5. The van der Waals surface area contributed by atoms with Crippen molar-refractivity contribution in [3.8, 4) is 11.5 Å². The molecule has 0 aliphatic carbocycles. The number of hydrogen-bond acceptors (Lipinski definition) is 12. The third-order valence-electron chi connectivity index (χ3n) is 8.38. The minimum Gasteiger partial charge on any atom is -0.490 e. The molecule has 0 radical (unpaired) electrons. The standard InChI is InChI=1S/C34H38N4O9S/c1-6-45-27-18-23(9-11-26(27)47-19-29(39)44-5)31-30(33(41)46-7-2)20(3)35-34-37(31)32(40)28(48-34)17-21-8-10-24(25(16-21)38(42)43)22-12-14-36(4)15-13-22/h8-11,16-18,22,31H,6-7,12-15,19H2,1-5H3/b28-17-/t31-/m0/s1. The minimum absolute atomic E-state index is 0.0300. The highest BCUT2D eigenvalue weighted by Crippen LogP contribution is 2.37. The number of likely N-dealkylation sites (tertiary alicyclic amines) is 1. The number of benzene rings is 2. The Morgan fingerprint density at radius 1 is 1.08 bits per heavy atom. The third kappa shape index (κ3) is 7.19. The molecular weight excluding hydrogens is 640 g/mol. The maximum Gasteiger partial charge on any atom is 0.343 e. The van der Waals surface area contributed by atoms with Gasteiger partial charge in [0.05, 0.1) is 47.1 Å². The molecule has 3 aromatic rings. The Bertz CT molecular complexity index is 1940. The van der Waals surface area contributed by atoms with Gasteiger partial charge in [-0.05, 0) is 89.0 Å². The molecule has 1 aromatic heterocycles. The summed E-state index contributed by atoms with van der Waals surface area (Å²) in [6, 6.07) is 9.11. The molecule has 14 heteroatoms. The van der Waals surface area contributed by atoms with Crippen LogP contribution in [0.1, 0.15) is 62.3 Å². The molecule has 2 aliphatic rings. The Labute approximate surface area is 280 Å². The first-order valence-electron chi connectivity index (χ1n) is 15.7. The van der Waals surface area contributed by atoms with Crippen LogP contribution in [0, 0.1) is 10.1 Å². The number of rotatable bonds is 11. The molecule has 48 heavy (non-hydrogen) atoms. The van der Waals surface area contributed by atoms with Crippen molar-refractivity contribution in [2.75, 3.05) is 47.1 Å². The van der Waals surface area contributed by atoms with Gasteiger partial charge in [0, 0.05) is 11.6 Å². The molecule has 1 fully saturated rings. The van der Waals surface area contributed by atoms with Crippen LogP contribution in [0.3, 0.4) is 0 Å². The monoisotopic (exact) mass is 678 g/mol. The first-order chi connectivity index (χ1) is 23.1. The lowest BCUT2D eigenvalue weighted by Gasteiger charge is -2.29. The van der Waals surface area contributed by atoms with Gasteiger partial charge in [-0.1, -0.05) is 29.5 Å². The topological polar surface area (TPSA) is 152 Å². The van der Waals surface area contributed by atoms with Crippen LogP contribution in [-0.2, 0) is 19.1 Å². The minimum atomic E-state index is -0.933. The summed E-state index contributed by atoms with van der Waals surface area (Å²) in [6.07, 6.45) is 3.28. The number of thiazole rings is 1. The van der Waals surface area contributed by atoms with Gasteiger partial charge < -0.3 is 23.8 Å². The van der Waals surface area contributed by atoms with E-state index in [9.17, 15) is 24.5 Å². The van der Waals surface area contributed by atoms with Crippen LogP contribution >= 0.6 is 11.3 Å². The molecule has 0 N–H and O–H groups in total. The number of methoxy groups -OCH3 is 1. The Balaban J connectivity index is 1.62. The van der Waals surface area contributed by atoms with Crippen LogP contribution in [0.15, 0.2) is 57.5 Å². The van der Waals surface area contributed by atoms with Gasteiger partial charge in [0.1, 0.15) is 0 Å². The fraction of sp³-hybridized carbons (Fsp3) is 0.412. The number of fused-ring (bicyclic) bond motifs is 1. The van der Waals surface area contributed by atoms with Crippen LogP contribution in [0.4, 0.5) is 5.69 Å². The van der Waals surface area contributed by atoms with Gasteiger partial charge in [0.15, 0.2) is 22.9 Å². The SMILES string of the molecule is CCOC(=O)C1=C(C)N=c2s/c(=C\c3ccc(C4CCN(C)CC4)c([N+](=O)[O-])c3)c(=O)n2[C@H]1c1ccc(OCC(=O)OC)c(OCC)c1. The van der Waals surface area contributed by atoms with Crippen molar-refractivity contribution in [1.82, 2.24) is 9.47 Å². The zero-order valence-electron chi connectivity index (χ0n) is 27.5. The fourth-order valence-corrected chi connectivity index (χ4v) is 7.06. The molecule has 5 rings (SSSR count). The predicted molar refractivity (Wildman–Crippen MR) is 178 cm³/mol. The van der Waals surface area contributed by atoms with E-state index in [1.807, 2.05) is 7.05 Å². The smallest absolute Gasteiger partial charge is 0.343 e. The molecule has 1 atom stereocenters. The number of nitro benzene ring substituents is 1. The summed E-state index contributed by atoms with van der Waals surface area (Å²) in [5.41, 5.74) is 1.89. The highest BCUT2D eigenvalue weighted by molar-refractivity contribution is 7.07. The number of esters is 2. The third-order valence-corrected chi connectivity index (χ3v) is 9.36. The maximum atomic E-state index is 14.1. The van der Waals surface area contributed by atoms with Crippen molar-refractivity contribution in [2.45, 2.75) is 45.6 Å². The van der Waals surface area contributed by atoms with Gasteiger partial charge in [-0.15, -0.1) is 0 Å². The van der Waals surface area contributed by atoms with E-state index in [0.29, 0.717) is 37.5 Å². The van der Waals surface area contributed by atoms with E-state index in [1.54, 1.807) is 57.2 Å². The average molecular weight is 679 g/mol. The van der Waals surface area contributed by atoms with Gasteiger partial charge in [-0.3, -0.25) is 19.5 Å². The zero-order valence-corrected chi connectivity index (χ0v) is 28.3. The van der Waals surface area contributed by atoms with E-state index in [4.69, 9.17) is 14.2 Å². The van der Waals surface area contributed by atoms with E-state index in [2.05, 4.69) is 14.6 Å². The number of aromatic nitrogens is 1. The van der Waals surface area contributed by atoms with Crippen LogP contribution in [-0.4, -0.2) is 73.4 Å². The molecule has 0 unspecified atom stereocenters. The van der Waals surface area contributed by atoms with Gasteiger partial charge in [0.2, 0.25) is 0 Å². The van der Waals surface area contributed by atoms with E-state index >= 15 is 0 Å². The Morgan fingerprint density at radius 2 is 1.83 bits per heavy atom. The number of carbonyl (C=O) groups excluding carboxylic acids is 2. The van der Waals surface area contributed by atoms with E-state index in [1.165, 1.54) is 17.7 Å². The van der Waals surface area contributed by atoms with Gasteiger partial charge in [-0.2, -0.15) is 0 Å². The number of nitro groups is 1. The number of piperidine rings is 1. The lowest BCUT2D eigenvalue weighted by molar-refractivity contribution is -0.385. The first kappa shape index (κ1) is 34.5. The Hall–Kier alpha value is -4.82. The highest BCUT2D eigenvalue weighted by Gasteiger charge is 2.34. The summed E-state index contributed by atoms with van der Waals surface area (Å²) in [7, 11) is 3.30. The molecule has 0 amide bonds. The van der Waals surface area contributed by atoms with Gasteiger partial charge in [0.25, 0.3) is 11.2 Å². The molecule has 2 aromatic carbocycles. The number of carbonyl (C=O) groups is 2. The number of allylic oxidation sites excluding steroid dienone is 1. The van der Waals surface area contributed by atoms with Crippen molar-refractivity contribution >= 4 is 35.0 Å². The summed E-state index contributed by atoms with van der Waals surface area (Å²) in [5.74, 6) is -0.525. The molecule has 0 bridgehead atoms. The van der Waals surface area contributed by atoms with Crippen LogP contribution in [0.25, 0.3) is 6.08 Å². The van der Waals surface area contributed by atoms with Crippen molar-refractivity contribution in [3.63, 3.8) is 0 Å². The predicted octanol–water partition coefficient (Wildman–Crippen LogP) is 3.47. The molecule has 0 spiro atoms. The number of ether oxygens (including phenoxy) is 4. The lowest BCUT2D eigenvalue weighted by atomic mass is 9.88. The fourth-order valence-electron chi connectivity index (χ4n) is 6.01. The zero-order chi connectivity index (χ0) is 34.5. The van der Waals surface area contributed by atoms with Crippen LogP contribution < -0.4 is 24.4 Å². The summed E-state index contributed by atoms with van der Waals surface area (Å²) in [6.45, 7) is 6.96. The normalized spacial score (nSPS) is 17.0. The summed E-state index contributed by atoms with van der Waals surface area (Å²) >= 11 is 1.12. The van der Waals surface area contributed by atoms with Crippen LogP contribution in [0.2, 0.25) is 0 Å². The Kier molecular flexibility index (Phi) is 10.7. The van der Waals surface area contributed by atoms with Gasteiger partial charge >= 0.3 is 11.9 Å². The number of hydrogen-bond donors (Lipinski definition) is 0. The molecule has 13 nitrogen and oxygen atoms in total. The average Bonchev–Trinajstić information content (AvgIpc) is 3.37. The second-order valence-corrected chi connectivity index (χ2v) is 12.5.